The number of allylic oxidation sites excluding steroid dienone is 1. The van der Waals surface area contributed by atoms with Crippen molar-refractivity contribution in [1.29, 1.82) is 0 Å². The summed E-state index contributed by atoms with van der Waals surface area (Å²) in [5.74, 6) is -1.94. The number of hydrogen-bond donors (Lipinski definition) is 3. The molecule has 6 aliphatic rings. The molecule has 5 fully saturated rings. The lowest BCUT2D eigenvalue weighted by molar-refractivity contribution is -0.141. The summed E-state index contributed by atoms with van der Waals surface area (Å²) >= 11 is 0. The van der Waals surface area contributed by atoms with Gasteiger partial charge in [0.1, 0.15) is 29.8 Å². The van der Waals surface area contributed by atoms with Gasteiger partial charge in [-0.2, -0.15) is 0 Å². The van der Waals surface area contributed by atoms with E-state index in [1.165, 1.54) is 11.3 Å². The first kappa shape index (κ1) is 37.4. The summed E-state index contributed by atoms with van der Waals surface area (Å²) in [6, 6.07) is 7.93. The van der Waals surface area contributed by atoms with E-state index in [2.05, 4.69) is 15.4 Å². The average molecular weight is 752 g/mol. The minimum Gasteiger partial charge on any atom is -0.446 e. The monoisotopic (exact) mass is 751 g/mol. The summed E-state index contributed by atoms with van der Waals surface area (Å²) in [5, 5.41) is 9.82. The summed E-state index contributed by atoms with van der Waals surface area (Å²) in [6.45, 7) is 0.0433. The van der Waals surface area contributed by atoms with Crippen molar-refractivity contribution in [2.24, 2.45) is 17.0 Å². The van der Waals surface area contributed by atoms with Crippen LogP contribution in [0.1, 0.15) is 115 Å². The molecule has 53 heavy (non-hydrogen) atoms. The molecule has 7 rings (SSSR count). The maximum Gasteiger partial charge on any atom is 0.408 e. The summed E-state index contributed by atoms with van der Waals surface area (Å²) in [7, 11) is -3.87. The topological polar surface area (TPSA) is 173 Å². The van der Waals surface area contributed by atoms with Crippen LogP contribution in [0.3, 0.4) is 0 Å². The first-order valence-corrected chi connectivity index (χ1v) is 21.3. The van der Waals surface area contributed by atoms with Gasteiger partial charge in [-0.15, -0.1) is 0 Å². The largest absolute Gasteiger partial charge is 0.446 e. The van der Waals surface area contributed by atoms with E-state index in [9.17, 15) is 27.6 Å². The number of carbonyl (C=O) groups excluding carboxylic acids is 4. The highest BCUT2D eigenvalue weighted by Crippen LogP contribution is 2.46. The van der Waals surface area contributed by atoms with Crippen LogP contribution in [-0.4, -0.2) is 84.5 Å². The van der Waals surface area contributed by atoms with Crippen LogP contribution in [0.4, 0.5) is 4.79 Å². The SMILES string of the molecule is O=C(N[C@H]1CCCCC/C=C\C2C[C@@]2(C(=O)NS(=O)(=O)C2CC2)NC(=O)[C@@H]2C[C@@H](O/N=C(/c3ccccc3)C3CCCCC3)CN2C1=O)OC1CCC1. The number of benzene rings is 1. The zero-order valence-corrected chi connectivity index (χ0v) is 31.2. The lowest BCUT2D eigenvalue weighted by Crippen LogP contribution is -2.58. The molecule has 4 saturated carbocycles. The second kappa shape index (κ2) is 16.2. The average Bonchev–Trinajstić information content (AvgIpc) is 4.06. The number of ether oxygens (including phenoxy) is 1. The number of oxime groups is 1. The molecule has 0 spiro atoms. The number of nitrogens with one attached hydrogen (secondary N) is 3. The van der Waals surface area contributed by atoms with Crippen molar-refractivity contribution in [1.82, 2.24) is 20.3 Å². The van der Waals surface area contributed by atoms with Crippen molar-refractivity contribution in [2.75, 3.05) is 6.54 Å². The zero-order valence-electron chi connectivity index (χ0n) is 30.4. The Morgan fingerprint density at radius 3 is 2.34 bits per heavy atom. The van der Waals surface area contributed by atoms with E-state index in [1.54, 1.807) is 0 Å². The van der Waals surface area contributed by atoms with Crippen LogP contribution in [0, 0.1) is 11.8 Å². The lowest BCUT2D eigenvalue weighted by atomic mass is 9.83. The predicted octanol–water partition coefficient (Wildman–Crippen LogP) is 4.61. The molecule has 2 aliphatic heterocycles. The molecule has 14 heteroatoms. The number of carbonyl (C=O) groups is 4. The fourth-order valence-electron chi connectivity index (χ4n) is 8.13. The quantitative estimate of drug-likeness (QED) is 0.187. The van der Waals surface area contributed by atoms with Crippen LogP contribution < -0.4 is 15.4 Å². The number of fused-ring (bicyclic) bond motifs is 2. The molecule has 13 nitrogen and oxygen atoms in total. The Labute approximate surface area is 312 Å². The van der Waals surface area contributed by atoms with E-state index in [1.807, 2.05) is 42.5 Å². The maximum atomic E-state index is 14.5. The number of alkyl carbamates (subject to hydrolysis) is 1. The van der Waals surface area contributed by atoms with Gasteiger partial charge in [-0.1, -0.05) is 79.7 Å². The van der Waals surface area contributed by atoms with Crippen LogP contribution in [0.25, 0.3) is 0 Å². The first-order chi connectivity index (χ1) is 25.6. The highest BCUT2D eigenvalue weighted by Gasteiger charge is 2.62. The van der Waals surface area contributed by atoms with E-state index in [-0.39, 0.29) is 31.4 Å². The second-order valence-corrected chi connectivity index (χ2v) is 17.8. The minimum absolute atomic E-state index is 0.0433. The molecule has 1 aromatic rings. The van der Waals surface area contributed by atoms with Gasteiger partial charge in [0.05, 0.1) is 17.5 Å². The van der Waals surface area contributed by atoms with Crippen molar-refractivity contribution < 1.29 is 37.2 Å². The summed E-state index contributed by atoms with van der Waals surface area (Å²) in [5.41, 5.74) is 0.355. The Morgan fingerprint density at radius 1 is 0.887 bits per heavy atom. The fourth-order valence-corrected chi connectivity index (χ4v) is 9.50. The first-order valence-electron chi connectivity index (χ1n) is 19.7. The Morgan fingerprint density at radius 2 is 1.62 bits per heavy atom. The van der Waals surface area contributed by atoms with Crippen LogP contribution >= 0.6 is 0 Å². The van der Waals surface area contributed by atoms with Gasteiger partial charge in [0.15, 0.2) is 0 Å². The normalized spacial score (nSPS) is 31.0. The molecular formula is C39H53N5O8S. The number of amides is 4. The number of hydrogen-bond acceptors (Lipinski definition) is 9. The lowest BCUT2D eigenvalue weighted by Gasteiger charge is -2.30. The fraction of sp³-hybridized carbons (Fsp3) is 0.667. The van der Waals surface area contributed by atoms with E-state index in [4.69, 9.17) is 14.7 Å². The van der Waals surface area contributed by atoms with E-state index in [0.29, 0.717) is 25.7 Å². The molecule has 1 saturated heterocycles. The Hall–Kier alpha value is -3.94. The smallest absolute Gasteiger partial charge is 0.408 e. The third-order valence-electron chi connectivity index (χ3n) is 11.8. The van der Waals surface area contributed by atoms with E-state index < -0.39 is 68.7 Å². The molecular weight excluding hydrogens is 699 g/mol. The molecule has 2 heterocycles. The van der Waals surface area contributed by atoms with Gasteiger partial charge in [0.25, 0.3) is 5.91 Å². The van der Waals surface area contributed by atoms with E-state index in [0.717, 1.165) is 75.5 Å². The molecule has 288 valence electrons. The molecule has 0 radical (unpaired) electrons. The number of rotatable bonds is 9. The van der Waals surface area contributed by atoms with Crippen LogP contribution in [0.5, 0.6) is 0 Å². The highest BCUT2D eigenvalue weighted by molar-refractivity contribution is 7.91. The van der Waals surface area contributed by atoms with Crippen molar-refractivity contribution in [3.8, 4) is 0 Å². The molecule has 0 aromatic heterocycles. The van der Waals surface area contributed by atoms with Gasteiger partial charge in [0.2, 0.25) is 21.8 Å². The second-order valence-electron chi connectivity index (χ2n) is 15.8. The third kappa shape index (κ3) is 8.90. The molecule has 5 atom stereocenters. The molecule has 0 bridgehead atoms. The minimum atomic E-state index is -3.87. The Balaban J connectivity index is 1.16. The van der Waals surface area contributed by atoms with Crippen molar-refractivity contribution in [2.45, 2.75) is 144 Å². The molecule has 3 N–H and O–H groups in total. The standard InChI is InChI=1S/C39H53N5O8S/c45-35-33-23-30(52-42-34(26-13-6-4-7-14-26)27-15-8-5-9-16-27)25-44(33)36(46)32(40-38(48)51-29-18-12-19-29)20-11-3-1-2-10-17-28-24-39(28,41-35)37(47)43-53(49,50)31-21-22-31/h4,6-7,10,13-14,17,27-33H,1-3,5,8-9,11-12,15-16,18-25H2,(H,40,48)(H,41,45)(H,43,47)/b17-10-,42-34-/t28?,30-,32+,33+,39-/m1/s1. The summed E-state index contributed by atoms with van der Waals surface area (Å²) < 4.78 is 33.5. The zero-order chi connectivity index (χ0) is 37.0. The third-order valence-corrected chi connectivity index (χ3v) is 13.6. The Kier molecular flexibility index (Phi) is 11.4. The molecule has 1 aromatic carbocycles. The van der Waals surface area contributed by atoms with Gasteiger partial charge < -0.3 is 25.1 Å². The molecule has 1 unspecified atom stereocenters. The molecule has 4 aliphatic carbocycles. The van der Waals surface area contributed by atoms with Crippen molar-refractivity contribution in [3.05, 3.63) is 48.0 Å². The summed E-state index contributed by atoms with van der Waals surface area (Å²) in [6.07, 6.45) is 15.1. The van der Waals surface area contributed by atoms with Gasteiger partial charge in [-0.3, -0.25) is 19.1 Å². The van der Waals surface area contributed by atoms with E-state index >= 15 is 0 Å². The van der Waals surface area contributed by atoms with Crippen molar-refractivity contribution in [3.63, 3.8) is 0 Å². The van der Waals surface area contributed by atoms with Crippen LogP contribution in [0.2, 0.25) is 0 Å². The molecule has 4 amide bonds. The van der Waals surface area contributed by atoms with Gasteiger partial charge in [0, 0.05) is 18.3 Å². The van der Waals surface area contributed by atoms with Gasteiger partial charge >= 0.3 is 6.09 Å². The maximum absolute atomic E-state index is 14.5. The van der Waals surface area contributed by atoms with Gasteiger partial charge in [-0.05, 0) is 76.2 Å². The summed E-state index contributed by atoms with van der Waals surface area (Å²) in [4.78, 5) is 63.2. The number of nitrogens with zero attached hydrogens (tertiary/aromatic N) is 2. The van der Waals surface area contributed by atoms with Crippen molar-refractivity contribution >= 4 is 39.5 Å². The number of sulfonamides is 1. The Bertz CT molecular complexity index is 1690. The predicted molar refractivity (Wildman–Crippen MR) is 197 cm³/mol. The van der Waals surface area contributed by atoms with Crippen LogP contribution in [0.15, 0.2) is 47.6 Å². The van der Waals surface area contributed by atoms with Crippen LogP contribution in [-0.2, 0) is 34.0 Å². The highest BCUT2D eigenvalue weighted by atomic mass is 32.2. The van der Waals surface area contributed by atoms with Gasteiger partial charge in [-0.25, -0.2) is 13.2 Å².